The zero-order valence-corrected chi connectivity index (χ0v) is 13.0. The second-order valence-electron chi connectivity index (χ2n) is 4.97. The van der Waals surface area contributed by atoms with Gasteiger partial charge < -0.3 is 10.1 Å². The van der Waals surface area contributed by atoms with Gasteiger partial charge in [0.25, 0.3) is 11.6 Å². The molecule has 1 fully saturated rings. The van der Waals surface area contributed by atoms with Crippen LogP contribution in [0.25, 0.3) is 0 Å². The molecule has 2 rings (SSSR count). The Morgan fingerprint density at radius 1 is 1.45 bits per heavy atom. The number of nitro groups is 1. The van der Waals surface area contributed by atoms with Gasteiger partial charge in [0, 0.05) is 12.1 Å². The number of thioether (sulfide) groups is 1. The van der Waals surface area contributed by atoms with E-state index in [0.717, 1.165) is 12.8 Å². The van der Waals surface area contributed by atoms with Crippen LogP contribution in [0.4, 0.5) is 5.69 Å². The fourth-order valence-electron chi connectivity index (χ4n) is 1.79. The Bertz CT molecular complexity index is 615. The minimum atomic E-state index is -0.938. The molecule has 0 saturated heterocycles. The van der Waals surface area contributed by atoms with Crippen LogP contribution < -0.4 is 5.32 Å². The summed E-state index contributed by atoms with van der Waals surface area (Å²) in [6.45, 7) is 1.47. The van der Waals surface area contributed by atoms with Crippen LogP contribution in [0.15, 0.2) is 23.1 Å². The van der Waals surface area contributed by atoms with Gasteiger partial charge in [0.15, 0.2) is 6.10 Å². The predicted octanol–water partition coefficient (Wildman–Crippen LogP) is 2.14. The number of nitro benzene ring substituents is 1. The third kappa shape index (κ3) is 3.97. The highest BCUT2D eigenvalue weighted by Crippen LogP contribution is 2.28. The maximum absolute atomic E-state index is 12.0. The Morgan fingerprint density at radius 3 is 2.68 bits per heavy atom. The quantitative estimate of drug-likeness (QED) is 0.372. The number of amides is 1. The number of carbonyl (C=O) groups is 2. The molecule has 1 aromatic carbocycles. The van der Waals surface area contributed by atoms with Crippen molar-refractivity contribution in [2.24, 2.45) is 0 Å². The molecule has 7 nitrogen and oxygen atoms in total. The largest absolute Gasteiger partial charge is 0.449 e. The van der Waals surface area contributed by atoms with E-state index in [0.29, 0.717) is 4.90 Å². The van der Waals surface area contributed by atoms with Crippen molar-refractivity contribution >= 4 is 29.3 Å². The first kappa shape index (κ1) is 16.3. The lowest BCUT2D eigenvalue weighted by Gasteiger charge is -2.13. The number of nitrogens with zero attached hydrogens (tertiary/aromatic N) is 1. The molecule has 118 valence electrons. The smallest absolute Gasteiger partial charge is 0.339 e. The maximum atomic E-state index is 12.0. The van der Waals surface area contributed by atoms with E-state index in [1.54, 1.807) is 6.26 Å². The number of hydrogen-bond donors (Lipinski definition) is 1. The molecule has 0 unspecified atom stereocenters. The highest BCUT2D eigenvalue weighted by atomic mass is 32.2. The molecule has 0 aliphatic heterocycles. The second kappa shape index (κ2) is 6.78. The molecule has 0 heterocycles. The minimum Gasteiger partial charge on any atom is -0.449 e. The van der Waals surface area contributed by atoms with Gasteiger partial charge in [-0.25, -0.2) is 4.79 Å². The van der Waals surface area contributed by atoms with E-state index < -0.39 is 17.0 Å². The molecule has 1 atom stereocenters. The summed E-state index contributed by atoms with van der Waals surface area (Å²) in [5.74, 6) is -1.11. The summed E-state index contributed by atoms with van der Waals surface area (Å²) in [4.78, 5) is 34.6. The Hall–Kier alpha value is -2.09. The van der Waals surface area contributed by atoms with Crippen molar-refractivity contribution in [1.29, 1.82) is 0 Å². The lowest BCUT2D eigenvalue weighted by Crippen LogP contribution is -2.37. The van der Waals surface area contributed by atoms with E-state index in [1.807, 2.05) is 0 Å². The molecular formula is C14H16N2O5S. The molecule has 1 aliphatic carbocycles. The van der Waals surface area contributed by atoms with Crippen LogP contribution >= 0.6 is 11.8 Å². The van der Waals surface area contributed by atoms with Gasteiger partial charge in [-0.15, -0.1) is 11.8 Å². The second-order valence-corrected chi connectivity index (χ2v) is 5.82. The van der Waals surface area contributed by atoms with Gasteiger partial charge >= 0.3 is 5.97 Å². The average Bonchev–Trinajstić information content (AvgIpc) is 3.30. The van der Waals surface area contributed by atoms with Gasteiger partial charge in [-0.1, -0.05) is 0 Å². The van der Waals surface area contributed by atoms with Gasteiger partial charge in [0.1, 0.15) is 0 Å². The van der Waals surface area contributed by atoms with E-state index in [4.69, 9.17) is 4.74 Å². The Labute approximate surface area is 131 Å². The zero-order valence-electron chi connectivity index (χ0n) is 12.2. The number of esters is 1. The number of hydrogen-bond acceptors (Lipinski definition) is 6. The van der Waals surface area contributed by atoms with Crippen LogP contribution in [0.1, 0.15) is 30.1 Å². The Morgan fingerprint density at radius 2 is 2.14 bits per heavy atom. The molecule has 1 aromatic rings. The topological polar surface area (TPSA) is 98.5 Å². The molecule has 0 aromatic heterocycles. The first-order valence-electron chi connectivity index (χ1n) is 6.76. The Balaban J connectivity index is 2.06. The lowest BCUT2D eigenvalue weighted by molar-refractivity contribution is -0.387. The Kier molecular flexibility index (Phi) is 5.02. The van der Waals surface area contributed by atoms with E-state index in [2.05, 4.69) is 5.32 Å². The van der Waals surface area contributed by atoms with Crippen molar-refractivity contribution in [2.45, 2.75) is 36.8 Å². The summed E-state index contributed by atoms with van der Waals surface area (Å²) < 4.78 is 5.05. The first-order chi connectivity index (χ1) is 10.4. The van der Waals surface area contributed by atoms with Crippen molar-refractivity contribution in [3.63, 3.8) is 0 Å². The molecule has 22 heavy (non-hydrogen) atoms. The van der Waals surface area contributed by atoms with Gasteiger partial charge in [-0.05, 0) is 38.2 Å². The van der Waals surface area contributed by atoms with Gasteiger partial charge in [-0.2, -0.15) is 0 Å². The summed E-state index contributed by atoms with van der Waals surface area (Å²) >= 11 is 1.22. The van der Waals surface area contributed by atoms with Crippen molar-refractivity contribution in [1.82, 2.24) is 5.32 Å². The van der Waals surface area contributed by atoms with Crippen molar-refractivity contribution < 1.29 is 19.2 Å². The van der Waals surface area contributed by atoms with Crippen LogP contribution in [-0.2, 0) is 9.53 Å². The average molecular weight is 324 g/mol. The number of rotatable bonds is 6. The van der Waals surface area contributed by atoms with Gasteiger partial charge in [0.2, 0.25) is 0 Å². The predicted molar refractivity (Wildman–Crippen MR) is 80.9 cm³/mol. The van der Waals surface area contributed by atoms with Crippen molar-refractivity contribution in [3.05, 3.63) is 33.9 Å². The summed E-state index contributed by atoms with van der Waals surface area (Å²) in [5.41, 5.74) is -0.104. The van der Waals surface area contributed by atoms with Gasteiger partial charge in [0.05, 0.1) is 15.4 Å². The fourth-order valence-corrected chi connectivity index (χ4v) is 2.33. The van der Waals surface area contributed by atoms with E-state index in [-0.39, 0.29) is 23.2 Å². The highest BCUT2D eigenvalue weighted by molar-refractivity contribution is 7.98. The standard InChI is InChI=1S/C14H16N2O5S/c1-8(13(17)15-10-4-5-10)21-14(18)9-3-6-12(22-2)11(7-9)16(19)20/h3,6-8,10H,4-5H2,1-2H3,(H,15,17)/t8-/m0/s1. The lowest BCUT2D eigenvalue weighted by atomic mass is 10.2. The van der Waals surface area contributed by atoms with Crippen LogP contribution in [0.3, 0.4) is 0 Å². The number of carbonyl (C=O) groups excluding carboxylic acids is 2. The minimum absolute atomic E-state index is 0.0515. The molecule has 0 radical (unpaired) electrons. The summed E-state index contributed by atoms with van der Waals surface area (Å²) in [6, 6.07) is 4.29. The van der Waals surface area contributed by atoms with Gasteiger partial charge in [-0.3, -0.25) is 14.9 Å². The van der Waals surface area contributed by atoms with Crippen molar-refractivity contribution in [3.8, 4) is 0 Å². The third-order valence-electron chi connectivity index (χ3n) is 3.19. The first-order valence-corrected chi connectivity index (χ1v) is 7.98. The van der Waals surface area contributed by atoms with E-state index in [1.165, 1.54) is 36.9 Å². The SMILES string of the molecule is CSc1ccc(C(=O)O[C@@H](C)C(=O)NC2CC2)cc1[N+](=O)[O-]. The summed E-state index contributed by atoms with van der Waals surface area (Å²) in [5, 5.41) is 13.7. The number of nitrogens with one attached hydrogen (secondary N) is 1. The summed E-state index contributed by atoms with van der Waals surface area (Å²) in [6.07, 6.45) is 2.65. The molecule has 1 N–H and O–H groups in total. The molecule has 8 heteroatoms. The highest BCUT2D eigenvalue weighted by Gasteiger charge is 2.28. The van der Waals surface area contributed by atoms with E-state index >= 15 is 0 Å². The maximum Gasteiger partial charge on any atom is 0.339 e. The van der Waals surface area contributed by atoms with Crippen molar-refractivity contribution in [2.75, 3.05) is 6.26 Å². The third-order valence-corrected chi connectivity index (χ3v) is 3.97. The van der Waals surface area contributed by atoms with Crippen LogP contribution in [0, 0.1) is 10.1 Å². The zero-order chi connectivity index (χ0) is 16.3. The number of ether oxygens (including phenoxy) is 1. The fraction of sp³-hybridized carbons (Fsp3) is 0.429. The summed E-state index contributed by atoms with van der Waals surface area (Å²) in [7, 11) is 0. The van der Waals surface area contributed by atoms with Crippen LogP contribution in [-0.4, -0.2) is 35.2 Å². The number of benzene rings is 1. The van der Waals surface area contributed by atoms with Crippen LogP contribution in [0.5, 0.6) is 0 Å². The van der Waals surface area contributed by atoms with E-state index in [9.17, 15) is 19.7 Å². The monoisotopic (exact) mass is 324 g/mol. The molecule has 1 amide bonds. The molecule has 1 aliphatic rings. The molecule has 1 saturated carbocycles. The molecule has 0 spiro atoms. The molecule has 0 bridgehead atoms. The molecular weight excluding hydrogens is 308 g/mol. The normalized spacial score (nSPS) is 15.0. The van der Waals surface area contributed by atoms with Crippen LogP contribution in [0.2, 0.25) is 0 Å².